The number of hydrogen-bond acceptors (Lipinski definition) is 12. The van der Waals surface area contributed by atoms with Crippen molar-refractivity contribution in [1.29, 1.82) is 0 Å². The van der Waals surface area contributed by atoms with Crippen LogP contribution < -0.4 is 4.46 Å². The summed E-state index contributed by atoms with van der Waals surface area (Å²) >= 11 is -0.0731. The minimum absolute atomic E-state index is 0.0346. The van der Waals surface area contributed by atoms with Crippen LogP contribution in [-0.4, -0.2) is 116 Å². The van der Waals surface area contributed by atoms with Gasteiger partial charge >= 0.3 is 331 Å². The molecule has 2 saturated heterocycles. The molecule has 0 saturated carbocycles. The van der Waals surface area contributed by atoms with Crippen LogP contribution in [0.2, 0.25) is 51.4 Å². The van der Waals surface area contributed by atoms with Crippen molar-refractivity contribution in [3.63, 3.8) is 0 Å². The van der Waals surface area contributed by atoms with Gasteiger partial charge in [-0.1, -0.05) is 88.5 Å². The molecule has 3 unspecified atom stereocenters. The van der Waals surface area contributed by atoms with Gasteiger partial charge in [-0.15, -0.1) is 0 Å². The Balaban J connectivity index is 0.000000310. The number of allylic oxidation sites excluding steroid dienone is 2. The maximum absolute atomic E-state index is 16.4. The van der Waals surface area contributed by atoms with Crippen LogP contribution >= 0.6 is 0 Å². The van der Waals surface area contributed by atoms with E-state index in [9.17, 15) is 19.2 Å². The van der Waals surface area contributed by atoms with Crippen molar-refractivity contribution >= 4 is 65.5 Å². The topological polar surface area (TPSA) is 142 Å². The molecule has 2 heterocycles. The molecule has 2 aliphatic rings. The van der Waals surface area contributed by atoms with Crippen LogP contribution in [0.25, 0.3) is 6.08 Å². The van der Waals surface area contributed by atoms with Crippen molar-refractivity contribution in [2.75, 3.05) is 13.2 Å². The molecular weight excluding hydrogens is 1330 g/mol. The summed E-state index contributed by atoms with van der Waals surface area (Å²) in [6.07, 6.45) is 2.61. The van der Waals surface area contributed by atoms with Crippen LogP contribution in [0, 0.1) is 51.4 Å². The van der Waals surface area contributed by atoms with E-state index >= 15 is 8.78 Å². The molecule has 528 valence electrons. The Bertz CT molecular complexity index is 3500. The summed E-state index contributed by atoms with van der Waals surface area (Å²) in [5.74, 6) is -4.93. The van der Waals surface area contributed by atoms with E-state index in [-0.39, 0.29) is 55.4 Å². The van der Waals surface area contributed by atoms with Gasteiger partial charge in [-0.25, -0.2) is 14.0 Å². The Morgan fingerprint density at radius 3 is 1.41 bits per heavy atom. The third-order valence-electron chi connectivity index (χ3n) is 17.4. The molecule has 12 nitrogen and oxygen atoms in total. The van der Waals surface area contributed by atoms with Crippen LogP contribution in [0.4, 0.5) is 8.78 Å². The van der Waals surface area contributed by atoms with E-state index in [1.165, 1.54) is 16.6 Å². The fraction of sp³-hybridized carbons (Fsp3) is 0.500. The van der Waals surface area contributed by atoms with Crippen LogP contribution in [0.1, 0.15) is 168 Å². The molecule has 0 N–H and O–H groups in total. The standard InChI is InChI=1S/C43H57FO6SeSi.C37H51FO6Si/c1-28(2)30(4)27-35(44)39(48-41(45)32-17-13-11-14-18-32)40-36(49-43(6,7)50-40)21-22-37(51-33-19-15-12-16-20-33)34-26-29(3)25-31(5)38(34)42(46)47-23-24-52(8,9)10;1-24(2)26(4)23-30(38)33(42-35(39)28-15-12-11-13-16-28)34-31(43-37(6,7)44-34)18-14-17-29-22-25(3)21-27(5)32(29)36(40)41-19-20-45(8,9)10/h11-20,25-28,30,36-37,39-40H,21-24H2,1-10H3;11-17,21-24,26,31,33-34H,18-20H2,1-10H3/b35-27+;17-14+,30-23+/t30-,36-,37?,39?,40-;26-,31-,33?,34-/m00/s1. The molecular formula is C80H108F2O12SeSi2. The minimum atomic E-state index is -1.40. The van der Waals surface area contributed by atoms with E-state index in [1.807, 2.05) is 117 Å². The fourth-order valence-corrected chi connectivity index (χ4v) is 15.3. The number of carbonyl (C=O) groups excluding carboxylic acids is 4. The van der Waals surface area contributed by atoms with Crippen LogP contribution in [0.5, 0.6) is 0 Å². The van der Waals surface area contributed by atoms with Crippen LogP contribution in [0.15, 0.2) is 145 Å². The summed E-state index contributed by atoms with van der Waals surface area (Å²) < 4.78 is 82.4. The van der Waals surface area contributed by atoms with E-state index in [0.717, 1.165) is 45.5 Å². The first-order chi connectivity index (χ1) is 45.4. The van der Waals surface area contributed by atoms with Crippen molar-refractivity contribution in [1.82, 2.24) is 0 Å². The number of esters is 4. The Hall–Kier alpha value is -6.15. The zero-order valence-corrected chi connectivity index (χ0v) is 64.9. The molecule has 2 fully saturated rings. The van der Waals surface area contributed by atoms with Crippen molar-refractivity contribution in [2.24, 2.45) is 23.7 Å². The van der Waals surface area contributed by atoms with E-state index in [2.05, 4.69) is 64.4 Å². The van der Waals surface area contributed by atoms with Gasteiger partial charge in [0.05, 0.1) is 23.8 Å². The Morgan fingerprint density at radius 2 is 0.959 bits per heavy atom. The number of aryl methyl sites for hydroxylation is 4. The Kier molecular flexibility index (Phi) is 29.4. The second-order valence-corrected chi connectivity index (χ2v) is 44.0. The Morgan fingerprint density at radius 1 is 0.546 bits per heavy atom. The SMILES string of the molecule is Cc1cc(C)c(C(=O)OCC[Si](C)(C)C)c(/C=C/C[C@@H]2OC(C)(C)O[C@@H]2C(OC(=O)c2ccccc2)/C(F)=C\[C@H](C)C(C)C)c1.Cc1cc(C)c(C(=O)OCC[Si](C)(C)C)c(C(CC[C@@H]2OC(C)(C)O[C@@H]2C(OC(=O)c2ccccc2)/C(F)=C\[C@H](C)C(C)C)[Se]c2ccccc2)c1. The van der Waals surface area contributed by atoms with Crippen LogP contribution in [-0.2, 0) is 37.9 Å². The van der Waals surface area contributed by atoms with Gasteiger partial charge in [0.15, 0.2) is 11.9 Å². The van der Waals surface area contributed by atoms with Crippen molar-refractivity contribution < 1.29 is 65.9 Å². The first-order valence-corrected chi connectivity index (χ1v) is 43.6. The zero-order valence-electron chi connectivity index (χ0n) is 61.1. The fourth-order valence-electron chi connectivity index (χ4n) is 11.4. The van der Waals surface area contributed by atoms with Gasteiger partial charge in [0.25, 0.3) is 0 Å². The average molecular weight is 1430 g/mol. The summed E-state index contributed by atoms with van der Waals surface area (Å²) in [5, 5.41) is 0. The predicted octanol–water partition coefficient (Wildman–Crippen LogP) is 18.6. The second kappa shape index (κ2) is 35.8. The number of hydrogen-bond donors (Lipinski definition) is 0. The van der Waals surface area contributed by atoms with Gasteiger partial charge in [-0.2, -0.15) is 0 Å². The third-order valence-corrected chi connectivity index (χ3v) is 23.5. The van der Waals surface area contributed by atoms with Crippen molar-refractivity contribution in [3.05, 3.63) is 201 Å². The number of ether oxygens (including phenoxy) is 8. The van der Waals surface area contributed by atoms with Gasteiger partial charge in [0, 0.05) is 8.07 Å². The molecule has 9 atom stereocenters. The van der Waals surface area contributed by atoms with Gasteiger partial charge in [-0.3, -0.25) is 0 Å². The van der Waals surface area contributed by atoms with E-state index in [4.69, 9.17) is 37.9 Å². The molecule has 0 radical (unpaired) electrons. The van der Waals surface area contributed by atoms with E-state index < -0.39 is 87.9 Å². The monoisotopic (exact) mass is 1430 g/mol. The number of carbonyl (C=O) groups is 4. The second-order valence-electron chi connectivity index (χ2n) is 30.1. The molecule has 0 bridgehead atoms. The normalized spacial score (nSPS) is 19.6. The maximum atomic E-state index is 16.4. The summed E-state index contributed by atoms with van der Waals surface area (Å²) in [5.41, 5.74) is 7.31. The quantitative estimate of drug-likeness (QED) is 0.0255. The Labute approximate surface area is 586 Å². The molecule has 2 aliphatic heterocycles. The zero-order chi connectivity index (χ0) is 71.7. The summed E-state index contributed by atoms with van der Waals surface area (Å²) in [7, 11) is -2.76. The number of halogens is 2. The summed E-state index contributed by atoms with van der Waals surface area (Å²) in [4.78, 5) is 53.5. The summed E-state index contributed by atoms with van der Waals surface area (Å²) in [6.45, 7) is 41.3. The molecule has 0 spiro atoms. The first-order valence-electron chi connectivity index (χ1n) is 34.3. The molecule has 7 rings (SSSR count). The van der Waals surface area contributed by atoms with Gasteiger partial charge < -0.3 is 18.9 Å². The molecule has 97 heavy (non-hydrogen) atoms. The number of rotatable bonds is 29. The van der Waals surface area contributed by atoms with Gasteiger partial charge in [0.2, 0.25) is 0 Å². The molecule has 5 aromatic rings. The van der Waals surface area contributed by atoms with Gasteiger partial charge in [0.1, 0.15) is 11.9 Å². The van der Waals surface area contributed by atoms with Crippen molar-refractivity contribution in [3.8, 4) is 0 Å². The van der Waals surface area contributed by atoms with E-state index in [0.29, 0.717) is 54.7 Å². The van der Waals surface area contributed by atoms with Gasteiger partial charge in [-0.05, 0) is 81.3 Å². The molecule has 5 aromatic carbocycles. The average Bonchev–Trinajstić information content (AvgIpc) is 1.79. The first kappa shape index (κ1) is 79.8. The molecule has 17 heteroatoms. The molecule has 0 amide bonds. The van der Waals surface area contributed by atoms with Crippen LogP contribution in [0.3, 0.4) is 0 Å². The molecule has 0 aromatic heterocycles. The third kappa shape index (κ3) is 24.9. The van der Waals surface area contributed by atoms with Crippen molar-refractivity contribution in [2.45, 2.75) is 221 Å². The predicted molar refractivity (Wildman–Crippen MR) is 391 cm³/mol. The number of benzene rings is 5. The summed E-state index contributed by atoms with van der Waals surface area (Å²) in [6, 6.07) is 37.3. The molecule has 0 aliphatic carbocycles. The van der Waals surface area contributed by atoms with E-state index in [1.54, 1.807) is 82.3 Å².